The molecule has 0 spiro atoms. The van der Waals surface area contributed by atoms with Crippen LogP contribution in [0, 0.1) is 0 Å². The number of benzene rings is 4. The normalized spacial score (nSPS) is 11.4. The summed E-state index contributed by atoms with van der Waals surface area (Å²) in [5.74, 6) is 1.77. The molecule has 0 N–H and O–H groups in total. The first-order chi connectivity index (χ1) is 21.4. The second-order valence-corrected chi connectivity index (χ2v) is 10.8. The van der Waals surface area contributed by atoms with Gasteiger partial charge in [0.25, 0.3) is 5.56 Å². The van der Waals surface area contributed by atoms with E-state index in [4.69, 9.17) is 42.1 Å². The minimum absolute atomic E-state index is 0.258. The monoisotopic (exact) mass is 623 g/mol. The summed E-state index contributed by atoms with van der Waals surface area (Å²) >= 11 is 12.6. The third kappa shape index (κ3) is 5.97. The smallest absolute Gasteiger partial charge is 0.282 e. The molecular formula is C35H27Cl2N3O4. The van der Waals surface area contributed by atoms with Gasteiger partial charge in [-0.1, -0.05) is 59.6 Å². The van der Waals surface area contributed by atoms with E-state index in [1.165, 1.54) is 4.68 Å². The van der Waals surface area contributed by atoms with Crippen LogP contribution in [0.1, 0.15) is 23.6 Å². The number of aromatic nitrogens is 2. The predicted octanol–water partition coefficient (Wildman–Crippen LogP) is 8.70. The lowest BCUT2D eigenvalue weighted by Crippen LogP contribution is -2.20. The standard InChI is InChI=1S/C35H27Cl2N3O4/c1-3-9-23-16-22(17-31(42-4-2)33(23)43-21-24-10-5-7-12-28(24)37)20-38-40-34(39-29-13-8-6-11-27(29)35(40)41)32-19-25-18-26(36)14-15-30(25)44-32/h3,5-8,10-20H,1,4,9,21H2,2H3. The molecule has 0 aliphatic carbocycles. The van der Waals surface area contributed by atoms with Crippen molar-refractivity contribution in [2.75, 3.05) is 6.61 Å². The van der Waals surface area contributed by atoms with Gasteiger partial charge in [-0.25, -0.2) is 4.98 Å². The van der Waals surface area contributed by atoms with Crippen LogP contribution in [0.4, 0.5) is 0 Å². The highest BCUT2D eigenvalue weighted by Gasteiger charge is 2.18. The number of para-hydroxylation sites is 1. The van der Waals surface area contributed by atoms with Gasteiger partial charge in [-0.2, -0.15) is 9.78 Å². The molecule has 220 valence electrons. The fourth-order valence-electron chi connectivity index (χ4n) is 4.90. The number of nitrogens with zero attached hydrogens (tertiary/aromatic N) is 3. The zero-order valence-corrected chi connectivity index (χ0v) is 25.3. The van der Waals surface area contributed by atoms with Crippen molar-refractivity contribution in [1.29, 1.82) is 0 Å². The van der Waals surface area contributed by atoms with Crippen LogP contribution < -0.4 is 15.0 Å². The van der Waals surface area contributed by atoms with E-state index in [2.05, 4.69) is 11.7 Å². The highest BCUT2D eigenvalue weighted by atomic mass is 35.5. The van der Waals surface area contributed by atoms with Crippen LogP contribution in [-0.4, -0.2) is 22.5 Å². The summed E-state index contributed by atoms with van der Waals surface area (Å²) in [7, 11) is 0. The van der Waals surface area contributed by atoms with Crippen LogP contribution in [-0.2, 0) is 13.0 Å². The van der Waals surface area contributed by atoms with E-state index in [0.29, 0.717) is 62.4 Å². The second kappa shape index (κ2) is 12.8. The van der Waals surface area contributed by atoms with Crippen molar-refractivity contribution < 1.29 is 13.9 Å². The van der Waals surface area contributed by atoms with E-state index in [1.54, 1.807) is 54.8 Å². The molecule has 4 aromatic carbocycles. The molecule has 0 radical (unpaired) electrons. The highest BCUT2D eigenvalue weighted by molar-refractivity contribution is 6.31. The van der Waals surface area contributed by atoms with Crippen molar-refractivity contribution >= 4 is 51.3 Å². The molecule has 2 aromatic heterocycles. The van der Waals surface area contributed by atoms with Crippen LogP contribution in [0.5, 0.6) is 11.5 Å². The Morgan fingerprint density at radius 3 is 2.61 bits per heavy atom. The Morgan fingerprint density at radius 1 is 0.977 bits per heavy atom. The molecular weight excluding hydrogens is 597 g/mol. The Labute approximate surface area is 263 Å². The lowest BCUT2D eigenvalue weighted by molar-refractivity contribution is 0.267. The van der Waals surface area contributed by atoms with Crippen LogP contribution in [0.25, 0.3) is 33.5 Å². The van der Waals surface area contributed by atoms with Crippen molar-refractivity contribution in [3.63, 3.8) is 0 Å². The van der Waals surface area contributed by atoms with Gasteiger partial charge in [0.2, 0.25) is 5.82 Å². The van der Waals surface area contributed by atoms with Gasteiger partial charge in [-0.3, -0.25) is 4.79 Å². The molecule has 2 heterocycles. The molecule has 0 aliphatic rings. The van der Waals surface area contributed by atoms with Crippen molar-refractivity contribution in [1.82, 2.24) is 9.66 Å². The van der Waals surface area contributed by atoms with Gasteiger partial charge in [-0.05, 0) is 73.5 Å². The number of hydrogen-bond donors (Lipinski definition) is 0. The summed E-state index contributed by atoms with van der Waals surface area (Å²) in [5.41, 5.74) is 3.21. The highest BCUT2D eigenvalue weighted by Crippen LogP contribution is 2.35. The second-order valence-electron chi connectivity index (χ2n) is 9.92. The maximum Gasteiger partial charge on any atom is 0.282 e. The van der Waals surface area contributed by atoms with E-state index >= 15 is 0 Å². The van der Waals surface area contributed by atoms with Gasteiger partial charge < -0.3 is 13.9 Å². The Hall–Kier alpha value is -4.85. The number of fused-ring (bicyclic) bond motifs is 2. The van der Waals surface area contributed by atoms with Crippen molar-refractivity contribution in [2.24, 2.45) is 5.10 Å². The molecule has 0 bridgehead atoms. The Balaban J connectivity index is 1.44. The first kappa shape index (κ1) is 29.2. The SMILES string of the molecule is C=CCc1cc(C=Nn2c(-c3cc4cc(Cl)ccc4o3)nc3ccccc3c2=O)cc(OCC)c1OCc1ccccc1Cl. The Kier molecular flexibility index (Phi) is 8.50. The molecule has 0 fully saturated rings. The summed E-state index contributed by atoms with van der Waals surface area (Å²) in [4.78, 5) is 18.5. The van der Waals surface area contributed by atoms with Gasteiger partial charge in [0.1, 0.15) is 12.2 Å². The van der Waals surface area contributed by atoms with Gasteiger partial charge in [0.15, 0.2) is 17.3 Å². The minimum atomic E-state index is -0.337. The van der Waals surface area contributed by atoms with Gasteiger partial charge in [0, 0.05) is 26.6 Å². The zero-order chi connectivity index (χ0) is 30.6. The lowest BCUT2D eigenvalue weighted by Gasteiger charge is -2.17. The lowest BCUT2D eigenvalue weighted by atomic mass is 10.1. The fraction of sp³-hybridized carbons (Fsp3) is 0.114. The minimum Gasteiger partial charge on any atom is -0.490 e. The molecule has 0 saturated carbocycles. The molecule has 7 nitrogen and oxygen atoms in total. The number of ether oxygens (including phenoxy) is 2. The number of hydrogen-bond acceptors (Lipinski definition) is 6. The number of rotatable bonds is 10. The Morgan fingerprint density at radius 2 is 1.80 bits per heavy atom. The van der Waals surface area contributed by atoms with E-state index in [0.717, 1.165) is 16.5 Å². The molecule has 0 unspecified atom stereocenters. The van der Waals surface area contributed by atoms with Gasteiger partial charge in [0.05, 0.1) is 23.7 Å². The number of furan rings is 1. The van der Waals surface area contributed by atoms with E-state index in [9.17, 15) is 4.79 Å². The maximum atomic E-state index is 13.7. The number of halogens is 2. The largest absolute Gasteiger partial charge is 0.490 e. The van der Waals surface area contributed by atoms with Crippen LogP contribution in [0.15, 0.2) is 112 Å². The quantitative estimate of drug-likeness (QED) is 0.113. The maximum absolute atomic E-state index is 13.7. The van der Waals surface area contributed by atoms with Crippen LogP contribution >= 0.6 is 23.2 Å². The molecule has 9 heteroatoms. The summed E-state index contributed by atoms with van der Waals surface area (Å²) in [6, 6.07) is 25.5. The van der Waals surface area contributed by atoms with Crippen LogP contribution in [0.2, 0.25) is 10.0 Å². The summed E-state index contributed by atoms with van der Waals surface area (Å²) in [6.45, 7) is 6.50. The zero-order valence-electron chi connectivity index (χ0n) is 23.8. The fourth-order valence-corrected chi connectivity index (χ4v) is 5.27. The summed E-state index contributed by atoms with van der Waals surface area (Å²) < 4.78 is 19.6. The van der Waals surface area contributed by atoms with Crippen molar-refractivity contribution in [2.45, 2.75) is 20.0 Å². The molecule has 44 heavy (non-hydrogen) atoms. The van der Waals surface area contributed by atoms with Gasteiger partial charge >= 0.3 is 0 Å². The first-order valence-electron chi connectivity index (χ1n) is 14.0. The van der Waals surface area contributed by atoms with Crippen molar-refractivity contribution in [3.05, 3.63) is 135 Å². The number of allylic oxidation sites excluding steroid dienone is 1. The molecule has 0 aliphatic heterocycles. The third-order valence-corrected chi connectivity index (χ3v) is 7.53. The van der Waals surface area contributed by atoms with E-state index in [1.807, 2.05) is 49.4 Å². The molecule has 6 aromatic rings. The predicted molar refractivity (Wildman–Crippen MR) is 177 cm³/mol. The van der Waals surface area contributed by atoms with Crippen molar-refractivity contribution in [3.8, 4) is 23.1 Å². The average Bonchev–Trinajstić information content (AvgIpc) is 3.44. The first-order valence-corrected chi connectivity index (χ1v) is 14.7. The molecule has 0 atom stereocenters. The third-order valence-electron chi connectivity index (χ3n) is 6.92. The van der Waals surface area contributed by atoms with Crippen LogP contribution in [0.3, 0.4) is 0 Å². The van der Waals surface area contributed by atoms with Gasteiger partial charge in [-0.15, -0.1) is 6.58 Å². The summed E-state index contributed by atoms with van der Waals surface area (Å²) in [6.07, 6.45) is 3.90. The molecule has 0 saturated heterocycles. The van der Waals surface area contributed by atoms with E-state index in [-0.39, 0.29) is 18.0 Å². The molecule has 6 rings (SSSR count). The molecule has 0 amide bonds. The van der Waals surface area contributed by atoms with E-state index < -0.39 is 0 Å². The Bertz CT molecular complexity index is 2100. The topological polar surface area (TPSA) is 78.9 Å². The average molecular weight is 625 g/mol. The summed E-state index contributed by atoms with van der Waals surface area (Å²) in [5, 5.41) is 7.03.